The zero-order chi connectivity index (χ0) is 14.5. The molecule has 1 aliphatic rings. The van der Waals surface area contributed by atoms with Crippen molar-refractivity contribution in [2.24, 2.45) is 23.5 Å². The van der Waals surface area contributed by atoms with Gasteiger partial charge < -0.3 is 5.73 Å². The quantitative estimate of drug-likeness (QED) is 0.793. The van der Waals surface area contributed by atoms with Crippen LogP contribution in [0.25, 0.3) is 0 Å². The Morgan fingerprint density at radius 1 is 1.00 bits per heavy atom. The third kappa shape index (κ3) is 3.85. The van der Waals surface area contributed by atoms with Gasteiger partial charge in [0.05, 0.1) is 0 Å². The summed E-state index contributed by atoms with van der Waals surface area (Å²) in [5, 5.41) is 0. The fraction of sp³-hybridized carbons (Fsp3) is 0.684. The normalized spacial score (nSPS) is 24.9. The van der Waals surface area contributed by atoms with E-state index < -0.39 is 0 Å². The van der Waals surface area contributed by atoms with Crippen LogP contribution < -0.4 is 5.73 Å². The van der Waals surface area contributed by atoms with Gasteiger partial charge in [0, 0.05) is 6.04 Å². The van der Waals surface area contributed by atoms with E-state index in [1.807, 2.05) is 0 Å². The molecule has 0 bridgehead atoms. The van der Waals surface area contributed by atoms with Crippen LogP contribution in [-0.2, 0) is 6.42 Å². The molecule has 1 fully saturated rings. The summed E-state index contributed by atoms with van der Waals surface area (Å²) in [7, 11) is 0. The molecule has 2 rings (SSSR count). The highest BCUT2D eigenvalue weighted by Gasteiger charge is 2.27. The highest BCUT2D eigenvalue weighted by atomic mass is 14.7. The van der Waals surface area contributed by atoms with Crippen molar-refractivity contribution in [3.63, 3.8) is 0 Å². The first kappa shape index (κ1) is 15.6. The molecule has 0 heterocycles. The van der Waals surface area contributed by atoms with E-state index in [-0.39, 0.29) is 6.04 Å². The molecule has 1 heteroatoms. The third-order valence-corrected chi connectivity index (χ3v) is 5.17. The Hall–Kier alpha value is -0.820. The van der Waals surface area contributed by atoms with Crippen LogP contribution in [0.1, 0.15) is 70.0 Å². The largest absolute Gasteiger partial charge is 0.324 e. The van der Waals surface area contributed by atoms with Crippen LogP contribution in [0.4, 0.5) is 0 Å². The molecule has 0 saturated heterocycles. The second kappa shape index (κ2) is 7.26. The highest BCUT2D eigenvalue weighted by Crippen LogP contribution is 2.38. The van der Waals surface area contributed by atoms with Crippen molar-refractivity contribution in [2.45, 2.75) is 65.3 Å². The minimum atomic E-state index is 0.235. The summed E-state index contributed by atoms with van der Waals surface area (Å²) >= 11 is 0. The number of benzene rings is 1. The van der Waals surface area contributed by atoms with Gasteiger partial charge in [-0.25, -0.2) is 0 Å². The van der Waals surface area contributed by atoms with Gasteiger partial charge in [0.25, 0.3) is 0 Å². The molecular formula is C19H31N. The lowest BCUT2D eigenvalue weighted by atomic mass is 9.73. The zero-order valence-electron chi connectivity index (χ0n) is 13.4. The second-order valence-electron chi connectivity index (χ2n) is 6.94. The Morgan fingerprint density at radius 2 is 1.55 bits per heavy atom. The minimum absolute atomic E-state index is 0.235. The van der Waals surface area contributed by atoms with Gasteiger partial charge in [-0.15, -0.1) is 0 Å². The molecule has 0 aromatic heterocycles. The monoisotopic (exact) mass is 273 g/mol. The van der Waals surface area contributed by atoms with Gasteiger partial charge in [0.1, 0.15) is 0 Å². The molecule has 1 aromatic carbocycles. The molecule has 2 N–H and O–H groups in total. The summed E-state index contributed by atoms with van der Waals surface area (Å²) in [6.45, 7) is 6.95. The molecule has 1 aliphatic carbocycles. The summed E-state index contributed by atoms with van der Waals surface area (Å²) < 4.78 is 0. The molecule has 1 atom stereocenters. The van der Waals surface area contributed by atoms with Crippen molar-refractivity contribution < 1.29 is 0 Å². The van der Waals surface area contributed by atoms with E-state index >= 15 is 0 Å². The summed E-state index contributed by atoms with van der Waals surface area (Å²) in [6, 6.07) is 9.27. The number of hydrogen-bond donors (Lipinski definition) is 1. The lowest BCUT2D eigenvalue weighted by Crippen LogP contribution is -2.27. The van der Waals surface area contributed by atoms with Gasteiger partial charge in [-0.3, -0.25) is 0 Å². The summed E-state index contributed by atoms with van der Waals surface area (Å²) in [6.07, 6.45) is 7.73. The van der Waals surface area contributed by atoms with Crippen molar-refractivity contribution in [3.8, 4) is 0 Å². The SMILES string of the molecule is CCCc1ccc(C(N)C2CCC(C(C)C)CC2)cc1. The average Bonchev–Trinajstić information content (AvgIpc) is 2.48. The van der Waals surface area contributed by atoms with Gasteiger partial charge in [0.2, 0.25) is 0 Å². The Bertz CT molecular complexity index is 385. The molecule has 0 amide bonds. The van der Waals surface area contributed by atoms with E-state index in [1.165, 1.54) is 49.7 Å². The predicted octanol–water partition coefficient (Wildman–Crippen LogP) is 5.10. The second-order valence-corrected chi connectivity index (χ2v) is 6.94. The van der Waals surface area contributed by atoms with Gasteiger partial charge in [0.15, 0.2) is 0 Å². The van der Waals surface area contributed by atoms with E-state index in [0.717, 1.165) is 11.8 Å². The minimum Gasteiger partial charge on any atom is -0.324 e. The molecule has 0 radical (unpaired) electrons. The average molecular weight is 273 g/mol. The van der Waals surface area contributed by atoms with Crippen molar-refractivity contribution >= 4 is 0 Å². The van der Waals surface area contributed by atoms with Crippen LogP contribution >= 0.6 is 0 Å². The van der Waals surface area contributed by atoms with Gasteiger partial charge in [-0.1, -0.05) is 51.5 Å². The Kier molecular flexibility index (Phi) is 5.65. The van der Waals surface area contributed by atoms with Crippen molar-refractivity contribution in [3.05, 3.63) is 35.4 Å². The standard InChI is InChI=1S/C19H31N/c1-4-5-15-6-8-17(9-7-15)19(20)18-12-10-16(11-13-18)14(2)3/h6-9,14,16,18-19H,4-5,10-13,20H2,1-3H3. The molecule has 20 heavy (non-hydrogen) atoms. The molecule has 0 aliphatic heterocycles. The first-order chi connectivity index (χ1) is 9.61. The lowest BCUT2D eigenvalue weighted by molar-refractivity contribution is 0.203. The van der Waals surface area contributed by atoms with Crippen LogP contribution in [0.5, 0.6) is 0 Å². The third-order valence-electron chi connectivity index (χ3n) is 5.17. The molecule has 0 spiro atoms. The Morgan fingerprint density at radius 3 is 2.05 bits per heavy atom. The summed E-state index contributed by atoms with van der Waals surface area (Å²) in [5.41, 5.74) is 9.28. The van der Waals surface area contributed by atoms with Gasteiger partial charge in [-0.2, -0.15) is 0 Å². The van der Waals surface area contributed by atoms with Crippen LogP contribution in [0, 0.1) is 17.8 Å². The molecule has 1 aromatic rings. The summed E-state index contributed by atoms with van der Waals surface area (Å²) in [5.74, 6) is 2.44. The van der Waals surface area contributed by atoms with Crippen LogP contribution in [-0.4, -0.2) is 0 Å². The van der Waals surface area contributed by atoms with E-state index in [2.05, 4.69) is 45.0 Å². The number of aryl methyl sites for hydroxylation is 1. The van der Waals surface area contributed by atoms with Crippen LogP contribution in [0.15, 0.2) is 24.3 Å². The van der Waals surface area contributed by atoms with Crippen LogP contribution in [0.3, 0.4) is 0 Å². The Balaban J connectivity index is 1.92. The van der Waals surface area contributed by atoms with Crippen molar-refractivity contribution in [1.29, 1.82) is 0 Å². The van der Waals surface area contributed by atoms with Crippen molar-refractivity contribution in [2.75, 3.05) is 0 Å². The van der Waals surface area contributed by atoms with E-state index in [4.69, 9.17) is 5.73 Å². The number of nitrogens with two attached hydrogens (primary N) is 1. The predicted molar refractivity (Wildman–Crippen MR) is 87.7 cm³/mol. The van der Waals surface area contributed by atoms with Gasteiger partial charge in [-0.05, 0) is 61.0 Å². The first-order valence-corrected chi connectivity index (χ1v) is 8.46. The molecule has 1 unspecified atom stereocenters. The highest BCUT2D eigenvalue weighted by molar-refractivity contribution is 5.25. The fourth-order valence-corrected chi connectivity index (χ4v) is 3.64. The number of hydrogen-bond acceptors (Lipinski definition) is 1. The molecule has 112 valence electrons. The molecule has 1 saturated carbocycles. The number of rotatable bonds is 5. The maximum absolute atomic E-state index is 6.52. The molecule has 1 nitrogen and oxygen atoms in total. The topological polar surface area (TPSA) is 26.0 Å². The maximum Gasteiger partial charge on any atom is 0.0323 e. The smallest absolute Gasteiger partial charge is 0.0323 e. The van der Waals surface area contributed by atoms with Crippen molar-refractivity contribution in [1.82, 2.24) is 0 Å². The van der Waals surface area contributed by atoms with Crippen LogP contribution in [0.2, 0.25) is 0 Å². The molecular weight excluding hydrogens is 242 g/mol. The van der Waals surface area contributed by atoms with E-state index in [9.17, 15) is 0 Å². The lowest BCUT2D eigenvalue weighted by Gasteiger charge is -2.34. The van der Waals surface area contributed by atoms with E-state index in [1.54, 1.807) is 0 Å². The van der Waals surface area contributed by atoms with Gasteiger partial charge >= 0.3 is 0 Å². The first-order valence-electron chi connectivity index (χ1n) is 8.46. The fourth-order valence-electron chi connectivity index (χ4n) is 3.64. The zero-order valence-corrected chi connectivity index (χ0v) is 13.4. The Labute approximate surface area is 125 Å². The maximum atomic E-state index is 6.52. The van der Waals surface area contributed by atoms with E-state index in [0.29, 0.717) is 5.92 Å². The summed E-state index contributed by atoms with van der Waals surface area (Å²) in [4.78, 5) is 0.